The van der Waals surface area contributed by atoms with Crippen LogP contribution in [0.1, 0.15) is 22.8 Å². The first kappa shape index (κ1) is 26.3. The van der Waals surface area contributed by atoms with Gasteiger partial charge in [0.05, 0.1) is 22.8 Å². The second kappa shape index (κ2) is 15.4. The molecule has 0 aliphatic heterocycles. The summed E-state index contributed by atoms with van der Waals surface area (Å²) in [5.74, 6) is 2.09. The van der Waals surface area contributed by atoms with Crippen molar-refractivity contribution in [1.82, 2.24) is 29.7 Å². The van der Waals surface area contributed by atoms with E-state index in [-0.39, 0.29) is 0 Å². The van der Waals surface area contributed by atoms with Crippen LogP contribution in [-0.4, -0.2) is 54.3 Å². The van der Waals surface area contributed by atoms with Crippen LogP contribution >= 0.6 is 21.6 Å². The van der Waals surface area contributed by atoms with Gasteiger partial charge in [0.25, 0.3) is 0 Å². The van der Waals surface area contributed by atoms with Crippen LogP contribution in [0.15, 0.2) is 97.6 Å². The average molecular weight is 517 g/mol. The Kier molecular flexibility index (Phi) is 11.2. The summed E-state index contributed by atoms with van der Waals surface area (Å²) in [5.41, 5.74) is 4.35. The molecule has 4 aromatic heterocycles. The zero-order chi connectivity index (χ0) is 24.7. The predicted octanol–water partition coefficient (Wildman–Crippen LogP) is 5.35. The number of rotatable bonds is 15. The highest BCUT2D eigenvalue weighted by molar-refractivity contribution is 8.76. The third-order valence-electron chi connectivity index (χ3n) is 5.51. The molecule has 0 spiro atoms. The summed E-state index contributed by atoms with van der Waals surface area (Å²) < 4.78 is 0. The van der Waals surface area contributed by atoms with Gasteiger partial charge in [0.2, 0.25) is 0 Å². The second-order valence-electron chi connectivity index (χ2n) is 8.35. The number of nitrogens with zero attached hydrogens (tertiary/aromatic N) is 6. The van der Waals surface area contributed by atoms with Gasteiger partial charge in [-0.05, 0) is 48.5 Å². The van der Waals surface area contributed by atoms with Gasteiger partial charge < -0.3 is 0 Å². The summed E-state index contributed by atoms with van der Waals surface area (Å²) >= 11 is 0. The highest BCUT2D eigenvalue weighted by atomic mass is 33.1. The van der Waals surface area contributed by atoms with Gasteiger partial charge in [0, 0.05) is 75.6 Å². The van der Waals surface area contributed by atoms with Gasteiger partial charge in [-0.1, -0.05) is 45.9 Å². The molecule has 0 aliphatic rings. The largest absolute Gasteiger partial charge is 0.291 e. The molecule has 0 saturated heterocycles. The molecule has 0 atom stereocenters. The van der Waals surface area contributed by atoms with Gasteiger partial charge >= 0.3 is 0 Å². The van der Waals surface area contributed by atoms with Crippen LogP contribution in [0.25, 0.3) is 0 Å². The van der Waals surface area contributed by atoms with Crippen LogP contribution < -0.4 is 0 Å². The predicted molar refractivity (Wildman–Crippen MR) is 150 cm³/mol. The Labute approximate surface area is 222 Å². The van der Waals surface area contributed by atoms with Crippen molar-refractivity contribution in [3.05, 3.63) is 120 Å². The third kappa shape index (κ3) is 9.70. The summed E-state index contributed by atoms with van der Waals surface area (Å²) in [6, 6.07) is 24.4. The van der Waals surface area contributed by atoms with Crippen LogP contribution in [0.2, 0.25) is 0 Å². The zero-order valence-electron chi connectivity index (χ0n) is 20.4. The molecule has 186 valence electrons. The molecule has 8 heteroatoms. The van der Waals surface area contributed by atoms with E-state index in [0.29, 0.717) is 0 Å². The average Bonchev–Trinajstić information content (AvgIpc) is 2.93. The van der Waals surface area contributed by atoms with E-state index < -0.39 is 0 Å². The minimum Gasteiger partial charge on any atom is -0.291 e. The SMILES string of the molecule is c1ccc(CN(CCSSCCN(Cc2ccccn2)Cc2ccccn2)Cc2ccccn2)nc1. The minimum atomic E-state index is 0.824. The highest BCUT2D eigenvalue weighted by Gasteiger charge is 2.11. The van der Waals surface area contributed by atoms with E-state index in [1.165, 1.54) is 0 Å². The van der Waals surface area contributed by atoms with Gasteiger partial charge in [-0.3, -0.25) is 29.7 Å². The normalized spacial score (nSPS) is 11.3. The quantitative estimate of drug-likeness (QED) is 0.155. The van der Waals surface area contributed by atoms with Gasteiger partial charge in [0.1, 0.15) is 0 Å². The fourth-order valence-corrected chi connectivity index (χ4v) is 5.82. The molecule has 4 heterocycles. The van der Waals surface area contributed by atoms with Gasteiger partial charge in [-0.15, -0.1) is 0 Å². The van der Waals surface area contributed by atoms with Crippen LogP contribution in [0.4, 0.5) is 0 Å². The van der Waals surface area contributed by atoms with Crippen molar-refractivity contribution in [2.24, 2.45) is 0 Å². The smallest absolute Gasteiger partial charge is 0.0544 e. The van der Waals surface area contributed by atoms with E-state index in [1.54, 1.807) is 0 Å². The number of aromatic nitrogens is 4. The number of hydrogen-bond acceptors (Lipinski definition) is 8. The van der Waals surface area contributed by atoms with Crippen molar-refractivity contribution < 1.29 is 0 Å². The number of hydrogen-bond donors (Lipinski definition) is 0. The molecule has 4 aromatic rings. The maximum Gasteiger partial charge on any atom is 0.0544 e. The fraction of sp³-hybridized carbons (Fsp3) is 0.286. The van der Waals surface area contributed by atoms with Crippen molar-refractivity contribution in [1.29, 1.82) is 0 Å². The molecule has 0 bridgehead atoms. The first-order chi connectivity index (χ1) is 17.8. The topological polar surface area (TPSA) is 58.0 Å². The monoisotopic (exact) mass is 516 g/mol. The zero-order valence-corrected chi connectivity index (χ0v) is 22.0. The van der Waals surface area contributed by atoms with Gasteiger partial charge in [-0.2, -0.15) is 0 Å². The molecule has 6 nitrogen and oxygen atoms in total. The molecule has 0 unspecified atom stereocenters. The lowest BCUT2D eigenvalue weighted by Crippen LogP contribution is -2.27. The lowest BCUT2D eigenvalue weighted by Gasteiger charge is -2.22. The maximum atomic E-state index is 4.52. The van der Waals surface area contributed by atoms with E-state index in [4.69, 9.17) is 0 Å². The van der Waals surface area contributed by atoms with Crippen LogP contribution in [0.5, 0.6) is 0 Å². The van der Waals surface area contributed by atoms with E-state index in [1.807, 2.05) is 94.9 Å². The first-order valence-electron chi connectivity index (χ1n) is 12.1. The lowest BCUT2D eigenvalue weighted by atomic mass is 10.3. The van der Waals surface area contributed by atoms with Crippen molar-refractivity contribution in [3.8, 4) is 0 Å². The van der Waals surface area contributed by atoms with E-state index in [2.05, 4.69) is 54.0 Å². The summed E-state index contributed by atoms with van der Waals surface area (Å²) in [7, 11) is 3.87. The summed E-state index contributed by atoms with van der Waals surface area (Å²) in [6.45, 7) is 5.26. The Morgan fingerprint density at radius 3 is 1.00 bits per heavy atom. The van der Waals surface area contributed by atoms with Crippen molar-refractivity contribution >= 4 is 21.6 Å². The molecule has 0 N–H and O–H groups in total. The Morgan fingerprint density at radius 1 is 0.444 bits per heavy atom. The third-order valence-corrected chi connectivity index (χ3v) is 7.88. The fourth-order valence-electron chi connectivity index (χ4n) is 3.76. The summed E-state index contributed by atoms with van der Waals surface area (Å²) in [4.78, 5) is 22.9. The molecule has 4 rings (SSSR count). The molecular formula is C28H32N6S2. The minimum absolute atomic E-state index is 0.824. The Hall–Kier alpha value is -2.78. The van der Waals surface area contributed by atoms with Crippen molar-refractivity contribution in [2.75, 3.05) is 24.6 Å². The van der Waals surface area contributed by atoms with Crippen LogP contribution in [0.3, 0.4) is 0 Å². The molecule has 0 aromatic carbocycles. The molecule has 36 heavy (non-hydrogen) atoms. The molecule has 0 saturated carbocycles. The lowest BCUT2D eigenvalue weighted by molar-refractivity contribution is 0.267. The van der Waals surface area contributed by atoms with Crippen molar-refractivity contribution in [3.63, 3.8) is 0 Å². The van der Waals surface area contributed by atoms with Gasteiger partial charge in [-0.25, -0.2) is 0 Å². The van der Waals surface area contributed by atoms with E-state index >= 15 is 0 Å². The Bertz CT molecular complexity index is 930. The Balaban J connectivity index is 1.24. The molecule has 0 aliphatic carbocycles. The number of pyridine rings is 4. The molecule has 0 radical (unpaired) electrons. The Morgan fingerprint density at radius 2 is 0.750 bits per heavy atom. The van der Waals surface area contributed by atoms with Crippen LogP contribution in [-0.2, 0) is 26.2 Å². The van der Waals surface area contributed by atoms with Crippen molar-refractivity contribution in [2.45, 2.75) is 26.2 Å². The highest BCUT2D eigenvalue weighted by Crippen LogP contribution is 2.22. The summed E-state index contributed by atoms with van der Waals surface area (Å²) in [5, 5.41) is 0. The molecular weight excluding hydrogens is 484 g/mol. The second-order valence-corrected chi connectivity index (χ2v) is 11.1. The van der Waals surface area contributed by atoms with E-state index in [0.717, 1.165) is 73.5 Å². The summed E-state index contributed by atoms with van der Waals surface area (Å²) in [6.07, 6.45) is 7.45. The van der Waals surface area contributed by atoms with E-state index in [9.17, 15) is 0 Å². The van der Waals surface area contributed by atoms with Gasteiger partial charge in [0.15, 0.2) is 0 Å². The molecule has 0 amide bonds. The maximum absolute atomic E-state index is 4.52. The van der Waals surface area contributed by atoms with Crippen LogP contribution in [0, 0.1) is 0 Å². The first-order valence-corrected chi connectivity index (χ1v) is 14.6. The molecule has 0 fully saturated rings. The standard InChI is InChI=1S/C28H32N6S2/c1-5-13-29-25(9-1)21-33(22-26-10-2-6-14-30-26)17-19-35-36-20-18-34(23-27-11-3-7-15-31-27)24-28-12-4-8-16-32-28/h1-16H,17-24H2.